The van der Waals surface area contributed by atoms with Gasteiger partial charge < -0.3 is 9.88 Å². The van der Waals surface area contributed by atoms with Crippen molar-refractivity contribution < 1.29 is 9.72 Å². The Morgan fingerprint density at radius 3 is 2.52 bits per heavy atom. The van der Waals surface area contributed by atoms with Crippen molar-refractivity contribution in [2.45, 2.75) is 0 Å². The van der Waals surface area contributed by atoms with Crippen LogP contribution in [0.2, 0.25) is 0 Å². The zero-order chi connectivity index (χ0) is 16.2. The minimum atomic E-state index is -0.572. The molecule has 7 heteroatoms. The molecular weight excluding hydrogens is 296 g/mol. The van der Waals surface area contributed by atoms with E-state index in [4.69, 9.17) is 0 Å². The van der Waals surface area contributed by atoms with Crippen LogP contribution in [0.1, 0.15) is 10.4 Å². The fourth-order valence-electron chi connectivity index (χ4n) is 2.15. The number of hydrogen-bond donors (Lipinski definition) is 1. The van der Waals surface area contributed by atoms with E-state index in [1.807, 2.05) is 16.7 Å². The molecule has 1 amide bonds. The third-order valence-corrected chi connectivity index (χ3v) is 3.27. The fourth-order valence-corrected chi connectivity index (χ4v) is 2.15. The molecule has 0 saturated carbocycles. The molecule has 1 N–H and O–H groups in total. The number of rotatable bonds is 4. The van der Waals surface area contributed by atoms with Crippen LogP contribution in [0, 0.1) is 10.1 Å². The first-order chi connectivity index (χ1) is 11.1. The highest BCUT2D eigenvalue weighted by Gasteiger charge is 2.19. The molecule has 0 unspecified atom stereocenters. The van der Waals surface area contributed by atoms with Crippen LogP contribution < -0.4 is 5.32 Å². The molecule has 2 aromatic carbocycles. The SMILES string of the molecule is O=C(Nc1ccc(-n2ccnc2)cc1)c1ccccc1[N+](=O)[O-]. The van der Waals surface area contributed by atoms with Crippen molar-refractivity contribution >= 4 is 17.3 Å². The Kier molecular flexibility index (Phi) is 3.84. The molecule has 0 aliphatic rings. The molecule has 23 heavy (non-hydrogen) atoms. The number of nitro groups is 1. The maximum Gasteiger partial charge on any atom is 0.282 e. The molecule has 0 fully saturated rings. The van der Waals surface area contributed by atoms with Gasteiger partial charge in [0.2, 0.25) is 0 Å². The Morgan fingerprint density at radius 1 is 1.13 bits per heavy atom. The summed E-state index contributed by atoms with van der Waals surface area (Å²) in [5.41, 5.74) is 1.25. The van der Waals surface area contributed by atoms with Crippen LogP contribution in [0.3, 0.4) is 0 Å². The summed E-state index contributed by atoms with van der Waals surface area (Å²) in [6, 6.07) is 12.9. The van der Waals surface area contributed by atoms with E-state index in [2.05, 4.69) is 10.3 Å². The Balaban J connectivity index is 1.80. The first-order valence-corrected chi connectivity index (χ1v) is 6.78. The average molecular weight is 308 g/mol. The predicted molar refractivity (Wildman–Crippen MR) is 84.6 cm³/mol. The highest BCUT2D eigenvalue weighted by molar-refractivity contribution is 6.07. The monoisotopic (exact) mass is 308 g/mol. The molecule has 0 radical (unpaired) electrons. The quantitative estimate of drug-likeness (QED) is 0.592. The topological polar surface area (TPSA) is 90.1 Å². The number of nitrogens with one attached hydrogen (secondary N) is 1. The standard InChI is InChI=1S/C16H12N4O3/c21-16(14-3-1-2-4-15(14)20(22)23)18-12-5-7-13(8-6-12)19-10-9-17-11-19/h1-11H,(H,18,21). The molecular formula is C16H12N4O3. The van der Waals surface area contributed by atoms with E-state index in [0.29, 0.717) is 5.69 Å². The summed E-state index contributed by atoms with van der Waals surface area (Å²) in [6.45, 7) is 0. The lowest BCUT2D eigenvalue weighted by molar-refractivity contribution is -0.385. The van der Waals surface area contributed by atoms with Gasteiger partial charge in [-0.3, -0.25) is 14.9 Å². The normalized spacial score (nSPS) is 10.3. The zero-order valence-electron chi connectivity index (χ0n) is 11.9. The van der Waals surface area contributed by atoms with Gasteiger partial charge in [-0.05, 0) is 30.3 Å². The van der Waals surface area contributed by atoms with Crippen molar-refractivity contribution in [3.05, 3.63) is 82.9 Å². The molecule has 3 rings (SSSR count). The lowest BCUT2D eigenvalue weighted by atomic mass is 10.1. The molecule has 0 atom stereocenters. The molecule has 0 spiro atoms. The van der Waals surface area contributed by atoms with E-state index in [0.717, 1.165) is 5.69 Å². The van der Waals surface area contributed by atoms with Gasteiger partial charge >= 0.3 is 0 Å². The number of aromatic nitrogens is 2. The van der Waals surface area contributed by atoms with Crippen LogP contribution in [0.4, 0.5) is 11.4 Å². The van der Waals surface area contributed by atoms with Crippen LogP contribution >= 0.6 is 0 Å². The summed E-state index contributed by atoms with van der Waals surface area (Å²) < 4.78 is 1.83. The molecule has 3 aromatic rings. The minimum absolute atomic E-state index is 0.0242. The van der Waals surface area contributed by atoms with Crippen LogP contribution in [0.5, 0.6) is 0 Å². The summed E-state index contributed by atoms with van der Waals surface area (Å²) >= 11 is 0. The number of para-hydroxylation sites is 1. The summed E-state index contributed by atoms with van der Waals surface area (Å²) in [7, 11) is 0. The van der Waals surface area contributed by atoms with E-state index in [-0.39, 0.29) is 11.3 Å². The maximum absolute atomic E-state index is 12.2. The highest BCUT2D eigenvalue weighted by Crippen LogP contribution is 2.20. The van der Waals surface area contributed by atoms with Gasteiger partial charge in [0.15, 0.2) is 0 Å². The van der Waals surface area contributed by atoms with Crippen LogP contribution in [0.25, 0.3) is 5.69 Å². The zero-order valence-corrected chi connectivity index (χ0v) is 11.9. The summed E-state index contributed by atoms with van der Waals surface area (Å²) in [5, 5.41) is 13.6. The van der Waals surface area contributed by atoms with Crippen molar-refractivity contribution in [1.29, 1.82) is 0 Å². The largest absolute Gasteiger partial charge is 0.322 e. The number of hydrogen-bond acceptors (Lipinski definition) is 4. The van der Waals surface area contributed by atoms with Gasteiger partial charge in [0.1, 0.15) is 5.56 Å². The van der Waals surface area contributed by atoms with E-state index in [9.17, 15) is 14.9 Å². The van der Waals surface area contributed by atoms with E-state index in [1.54, 1.807) is 36.9 Å². The van der Waals surface area contributed by atoms with E-state index >= 15 is 0 Å². The number of nitrogens with zero attached hydrogens (tertiary/aromatic N) is 3. The van der Waals surface area contributed by atoms with Gasteiger partial charge in [-0.25, -0.2) is 4.98 Å². The van der Waals surface area contributed by atoms with Crippen molar-refractivity contribution in [1.82, 2.24) is 9.55 Å². The summed E-state index contributed by atoms with van der Waals surface area (Å²) in [6.07, 6.45) is 5.14. The fraction of sp³-hybridized carbons (Fsp3) is 0. The number of imidazole rings is 1. The second-order valence-corrected chi connectivity index (χ2v) is 4.75. The smallest absolute Gasteiger partial charge is 0.282 e. The van der Waals surface area contributed by atoms with Crippen LogP contribution in [0.15, 0.2) is 67.3 Å². The molecule has 0 aliphatic heterocycles. The highest BCUT2D eigenvalue weighted by atomic mass is 16.6. The predicted octanol–water partition coefficient (Wildman–Crippen LogP) is 3.03. The second kappa shape index (κ2) is 6.10. The van der Waals surface area contributed by atoms with Gasteiger partial charge in [-0.2, -0.15) is 0 Å². The first kappa shape index (κ1) is 14.5. The van der Waals surface area contributed by atoms with E-state index < -0.39 is 10.8 Å². The van der Waals surface area contributed by atoms with Gasteiger partial charge in [-0.1, -0.05) is 12.1 Å². The number of benzene rings is 2. The number of carbonyl (C=O) groups excluding carboxylic acids is 1. The summed E-state index contributed by atoms with van der Waals surface area (Å²) in [5.74, 6) is -0.521. The number of carbonyl (C=O) groups is 1. The van der Waals surface area contributed by atoms with Crippen LogP contribution in [-0.2, 0) is 0 Å². The van der Waals surface area contributed by atoms with Crippen molar-refractivity contribution in [3.8, 4) is 5.69 Å². The Labute approximate surface area is 131 Å². The number of anilines is 1. The molecule has 0 aliphatic carbocycles. The third-order valence-electron chi connectivity index (χ3n) is 3.27. The van der Waals surface area contributed by atoms with Crippen molar-refractivity contribution in [2.24, 2.45) is 0 Å². The molecule has 0 bridgehead atoms. The van der Waals surface area contributed by atoms with Crippen molar-refractivity contribution in [3.63, 3.8) is 0 Å². The Bertz CT molecular complexity index is 842. The minimum Gasteiger partial charge on any atom is -0.322 e. The maximum atomic E-state index is 12.2. The molecule has 1 aromatic heterocycles. The molecule has 0 saturated heterocycles. The lowest BCUT2D eigenvalue weighted by Crippen LogP contribution is -2.13. The lowest BCUT2D eigenvalue weighted by Gasteiger charge is -2.07. The summed E-state index contributed by atoms with van der Waals surface area (Å²) in [4.78, 5) is 26.6. The Morgan fingerprint density at radius 2 is 1.87 bits per heavy atom. The third kappa shape index (κ3) is 3.08. The van der Waals surface area contributed by atoms with E-state index in [1.165, 1.54) is 18.2 Å². The van der Waals surface area contributed by atoms with Crippen LogP contribution in [-0.4, -0.2) is 20.4 Å². The number of nitro benzene ring substituents is 1. The Hall–Kier alpha value is -3.48. The number of amides is 1. The first-order valence-electron chi connectivity index (χ1n) is 6.78. The molecule has 114 valence electrons. The van der Waals surface area contributed by atoms with Gasteiger partial charge in [0.05, 0.1) is 11.3 Å². The van der Waals surface area contributed by atoms with Crippen molar-refractivity contribution in [2.75, 3.05) is 5.32 Å². The molecule has 7 nitrogen and oxygen atoms in total. The molecule has 1 heterocycles. The second-order valence-electron chi connectivity index (χ2n) is 4.75. The van der Waals surface area contributed by atoms with Gasteiger partial charge in [-0.15, -0.1) is 0 Å². The average Bonchev–Trinajstić information content (AvgIpc) is 3.10. The van der Waals surface area contributed by atoms with Gasteiger partial charge in [0.25, 0.3) is 11.6 Å². The van der Waals surface area contributed by atoms with Gasteiger partial charge in [0, 0.05) is 29.8 Å².